The van der Waals surface area contributed by atoms with Gasteiger partial charge >= 0.3 is 5.97 Å². The van der Waals surface area contributed by atoms with Crippen LogP contribution in [0.1, 0.15) is 6.42 Å². The lowest BCUT2D eigenvalue weighted by Gasteiger charge is -1.92. The molecule has 0 aliphatic heterocycles. The van der Waals surface area contributed by atoms with Crippen molar-refractivity contribution in [2.24, 2.45) is 0 Å². The molecule has 0 saturated carbocycles. The zero-order valence-corrected chi connectivity index (χ0v) is 7.63. The molecule has 12 heavy (non-hydrogen) atoms. The molecule has 0 spiro atoms. The Morgan fingerprint density at radius 2 is 1.67 bits per heavy atom. The Morgan fingerprint density at radius 1 is 1.25 bits per heavy atom. The van der Waals surface area contributed by atoms with Crippen LogP contribution in [0.15, 0.2) is 0 Å². The van der Waals surface area contributed by atoms with Crippen molar-refractivity contribution < 1.29 is 15.0 Å². The lowest BCUT2D eigenvalue weighted by Crippen LogP contribution is -2.21. The summed E-state index contributed by atoms with van der Waals surface area (Å²) < 4.78 is 0. The number of aliphatic hydroxyl groups is 1. The second-order valence-corrected chi connectivity index (χ2v) is 2.07. The van der Waals surface area contributed by atoms with Crippen LogP contribution in [0.4, 0.5) is 0 Å². The maximum atomic E-state index is 9.44. The molecule has 0 aromatic heterocycles. The van der Waals surface area contributed by atoms with E-state index in [1.807, 2.05) is 14.1 Å². The number of hydrogen-bond donors (Lipinski definition) is 4. The minimum atomic E-state index is -0.961. The SMILES string of the molecule is CNCCNC.O=C(O)CCO. The van der Waals surface area contributed by atoms with Crippen LogP contribution in [-0.2, 0) is 4.79 Å². The van der Waals surface area contributed by atoms with Crippen LogP contribution in [0.25, 0.3) is 0 Å². The first-order chi connectivity index (χ1) is 5.68. The van der Waals surface area contributed by atoms with E-state index in [0.29, 0.717) is 0 Å². The standard InChI is InChI=1S/C4H12N2.C3H6O3/c1-5-3-4-6-2;4-2-1-3(5)6/h5-6H,3-4H2,1-2H3;4H,1-2H2,(H,5,6). The van der Waals surface area contributed by atoms with Crippen molar-refractivity contribution in [3.05, 3.63) is 0 Å². The van der Waals surface area contributed by atoms with Gasteiger partial charge in [0.15, 0.2) is 0 Å². The van der Waals surface area contributed by atoms with Gasteiger partial charge in [0.2, 0.25) is 0 Å². The zero-order chi connectivity index (χ0) is 9.82. The summed E-state index contributed by atoms with van der Waals surface area (Å²) in [5, 5.41) is 21.6. The second-order valence-electron chi connectivity index (χ2n) is 2.07. The summed E-state index contributed by atoms with van der Waals surface area (Å²) >= 11 is 0. The molecule has 4 N–H and O–H groups in total. The fraction of sp³-hybridized carbons (Fsp3) is 0.857. The van der Waals surface area contributed by atoms with Crippen molar-refractivity contribution >= 4 is 5.97 Å². The van der Waals surface area contributed by atoms with E-state index in [0.717, 1.165) is 13.1 Å². The third-order valence-corrected chi connectivity index (χ3v) is 0.951. The van der Waals surface area contributed by atoms with Gasteiger partial charge in [-0.15, -0.1) is 0 Å². The van der Waals surface area contributed by atoms with Gasteiger partial charge in [0, 0.05) is 13.1 Å². The van der Waals surface area contributed by atoms with Gasteiger partial charge in [-0.2, -0.15) is 0 Å². The molecule has 0 aliphatic rings. The summed E-state index contributed by atoms with van der Waals surface area (Å²) in [6.07, 6.45) is -0.153. The predicted molar refractivity (Wildman–Crippen MR) is 47.2 cm³/mol. The highest BCUT2D eigenvalue weighted by Crippen LogP contribution is 1.70. The molecular weight excluding hydrogens is 160 g/mol. The molecule has 0 saturated heterocycles. The molecule has 0 rings (SSSR count). The highest BCUT2D eigenvalue weighted by Gasteiger charge is 1.88. The van der Waals surface area contributed by atoms with E-state index in [2.05, 4.69) is 10.6 Å². The molecular formula is C7H18N2O3. The Morgan fingerprint density at radius 3 is 1.75 bits per heavy atom. The first kappa shape index (κ1) is 13.9. The van der Waals surface area contributed by atoms with Crippen LogP contribution in [0.5, 0.6) is 0 Å². The van der Waals surface area contributed by atoms with E-state index in [1.165, 1.54) is 0 Å². The van der Waals surface area contributed by atoms with Gasteiger partial charge in [-0.3, -0.25) is 4.79 Å². The number of aliphatic carboxylic acids is 1. The number of likely N-dealkylation sites (N-methyl/N-ethyl adjacent to an activating group) is 2. The average molecular weight is 178 g/mol. The largest absolute Gasteiger partial charge is 0.481 e. The van der Waals surface area contributed by atoms with E-state index in [4.69, 9.17) is 10.2 Å². The van der Waals surface area contributed by atoms with Crippen LogP contribution in [0.2, 0.25) is 0 Å². The molecule has 0 bridgehead atoms. The van der Waals surface area contributed by atoms with Crippen LogP contribution in [0.3, 0.4) is 0 Å². The Bertz CT molecular complexity index is 94.7. The lowest BCUT2D eigenvalue weighted by atomic mass is 10.5. The molecule has 0 radical (unpaired) electrons. The fourth-order valence-corrected chi connectivity index (χ4v) is 0.346. The van der Waals surface area contributed by atoms with Gasteiger partial charge in [0.25, 0.3) is 0 Å². The van der Waals surface area contributed by atoms with Crippen LogP contribution in [0, 0.1) is 0 Å². The van der Waals surface area contributed by atoms with Gasteiger partial charge in [-0.1, -0.05) is 0 Å². The lowest BCUT2D eigenvalue weighted by molar-refractivity contribution is -0.137. The van der Waals surface area contributed by atoms with E-state index in [1.54, 1.807) is 0 Å². The number of carboxylic acids is 1. The maximum absolute atomic E-state index is 9.44. The smallest absolute Gasteiger partial charge is 0.305 e. The van der Waals surface area contributed by atoms with Gasteiger partial charge in [0.05, 0.1) is 13.0 Å². The molecule has 0 aromatic rings. The zero-order valence-electron chi connectivity index (χ0n) is 7.63. The number of rotatable bonds is 5. The summed E-state index contributed by atoms with van der Waals surface area (Å²) in [6, 6.07) is 0. The third kappa shape index (κ3) is 22.8. The number of aliphatic hydroxyl groups excluding tert-OH is 1. The minimum Gasteiger partial charge on any atom is -0.481 e. The average Bonchev–Trinajstić information content (AvgIpc) is 2.02. The van der Waals surface area contributed by atoms with Crippen LogP contribution in [-0.4, -0.2) is 50.0 Å². The monoisotopic (exact) mass is 178 g/mol. The van der Waals surface area contributed by atoms with Gasteiger partial charge in [-0.05, 0) is 14.1 Å². The summed E-state index contributed by atoms with van der Waals surface area (Å²) in [5.74, 6) is -0.961. The second kappa shape index (κ2) is 13.0. The first-order valence-corrected chi connectivity index (χ1v) is 3.80. The molecule has 0 amide bonds. The van der Waals surface area contributed by atoms with Crippen LogP contribution >= 0.6 is 0 Å². The topological polar surface area (TPSA) is 81.6 Å². The highest BCUT2D eigenvalue weighted by atomic mass is 16.4. The van der Waals surface area contributed by atoms with Crippen molar-refractivity contribution in [1.29, 1.82) is 0 Å². The number of nitrogens with one attached hydrogen (secondary N) is 2. The normalized spacial score (nSPS) is 8.58. The van der Waals surface area contributed by atoms with E-state index in [-0.39, 0.29) is 13.0 Å². The Labute approximate surface area is 72.8 Å². The molecule has 0 aromatic carbocycles. The Hall–Kier alpha value is -0.650. The van der Waals surface area contributed by atoms with Crippen molar-refractivity contribution in [3.63, 3.8) is 0 Å². The van der Waals surface area contributed by atoms with Crippen molar-refractivity contribution in [1.82, 2.24) is 10.6 Å². The summed E-state index contributed by atoms with van der Waals surface area (Å²) in [5.41, 5.74) is 0. The molecule has 5 nitrogen and oxygen atoms in total. The Balaban J connectivity index is 0. The summed E-state index contributed by atoms with van der Waals surface area (Å²) in [6.45, 7) is 1.84. The van der Waals surface area contributed by atoms with Crippen molar-refractivity contribution in [2.75, 3.05) is 33.8 Å². The predicted octanol–water partition coefficient (Wildman–Crippen LogP) is -1.12. The first-order valence-electron chi connectivity index (χ1n) is 3.80. The summed E-state index contributed by atoms with van der Waals surface area (Å²) in [7, 11) is 3.88. The quantitative estimate of drug-likeness (QED) is 0.401. The van der Waals surface area contributed by atoms with Gasteiger partial charge < -0.3 is 20.8 Å². The van der Waals surface area contributed by atoms with E-state index in [9.17, 15) is 4.79 Å². The molecule has 5 heteroatoms. The molecule has 74 valence electrons. The number of carboxylic acid groups (broad SMARTS) is 1. The Kier molecular flexibility index (Phi) is 15.0. The molecule has 0 aliphatic carbocycles. The highest BCUT2D eigenvalue weighted by molar-refractivity contribution is 5.66. The van der Waals surface area contributed by atoms with Crippen molar-refractivity contribution in [2.45, 2.75) is 6.42 Å². The third-order valence-electron chi connectivity index (χ3n) is 0.951. The number of hydrogen-bond acceptors (Lipinski definition) is 4. The maximum Gasteiger partial charge on any atom is 0.305 e. The van der Waals surface area contributed by atoms with Gasteiger partial charge in [-0.25, -0.2) is 0 Å². The molecule has 0 atom stereocenters. The van der Waals surface area contributed by atoms with Gasteiger partial charge in [0.1, 0.15) is 0 Å². The van der Waals surface area contributed by atoms with Crippen LogP contribution < -0.4 is 10.6 Å². The summed E-state index contributed by atoms with van der Waals surface area (Å²) in [4.78, 5) is 9.44. The molecule has 0 unspecified atom stereocenters. The minimum absolute atomic E-state index is 0.153. The molecule has 0 heterocycles. The molecule has 0 fully saturated rings. The van der Waals surface area contributed by atoms with E-state index >= 15 is 0 Å². The fourth-order valence-electron chi connectivity index (χ4n) is 0.346. The van der Waals surface area contributed by atoms with Crippen molar-refractivity contribution in [3.8, 4) is 0 Å². The number of carbonyl (C=O) groups is 1. The van der Waals surface area contributed by atoms with E-state index < -0.39 is 5.97 Å².